The molecule has 0 aromatic rings. The molecular formula is C22H30O2. The van der Waals surface area contributed by atoms with Gasteiger partial charge in [-0.15, -0.1) is 0 Å². The third kappa shape index (κ3) is 2.25. The Balaban J connectivity index is 1.68. The van der Waals surface area contributed by atoms with Gasteiger partial charge in [-0.2, -0.15) is 0 Å². The lowest BCUT2D eigenvalue weighted by molar-refractivity contribution is -0.136. The highest BCUT2D eigenvalue weighted by molar-refractivity contribution is 5.68. The van der Waals surface area contributed by atoms with Gasteiger partial charge in [0.05, 0.1) is 6.42 Å². The van der Waals surface area contributed by atoms with Crippen LogP contribution in [-0.2, 0) is 4.79 Å². The van der Waals surface area contributed by atoms with Crippen molar-refractivity contribution in [2.75, 3.05) is 0 Å². The first-order valence-electron chi connectivity index (χ1n) is 9.76. The minimum absolute atomic E-state index is 0.181. The average molecular weight is 326 g/mol. The first-order chi connectivity index (χ1) is 11.4. The summed E-state index contributed by atoms with van der Waals surface area (Å²) < 4.78 is 0. The van der Waals surface area contributed by atoms with Crippen molar-refractivity contribution in [3.8, 4) is 0 Å². The first kappa shape index (κ1) is 16.2. The van der Waals surface area contributed by atoms with E-state index in [4.69, 9.17) is 5.11 Å². The summed E-state index contributed by atoms with van der Waals surface area (Å²) in [5.41, 5.74) is 5.38. The first-order valence-corrected chi connectivity index (χ1v) is 9.76. The molecule has 1 N–H and O–H groups in total. The molecule has 0 amide bonds. The van der Waals surface area contributed by atoms with Crippen LogP contribution in [0.2, 0.25) is 0 Å². The maximum Gasteiger partial charge on any atom is 0.307 e. The molecule has 2 saturated carbocycles. The smallest absolute Gasteiger partial charge is 0.307 e. The van der Waals surface area contributed by atoms with Crippen molar-refractivity contribution >= 4 is 5.97 Å². The van der Waals surface area contributed by atoms with Gasteiger partial charge in [-0.05, 0) is 62.2 Å². The van der Waals surface area contributed by atoms with Crippen molar-refractivity contribution in [2.24, 2.45) is 22.7 Å². The van der Waals surface area contributed by atoms with Crippen LogP contribution in [0.25, 0.3) is 0 Å². The number of carboxylic acid groups (broad SMARTS) is 1. The molecule has 0 spiro atoms. The molecule has 4 aliphatic carbocycles. The summed E-state index contributed by atoms with van der Waals surface area (Å²) in [4.78, 5) is 11.0. The number of hydrogen-bond donors (Lipinski definition) is 1. The van der Waals surface area contributed by atoms with Crippen molar-refractivity contribution < 1.29 is 9.90 Å². The number of hydrogen-bond acceptors (Lipinski definition) is 1. The Morgan fingerprint density at radius 1 is 1.29 bits per heavy atom. The van der Waals surface area contributed by atoms with Crippen LogP contribution in [0.15, 0.2) is 34.9 Å². The Bertz CT molecular complexity index is 653. The third-order valence-electron chi connectivity index (χ3n) is 7.77. The molecule has 4 atom stereocenters. The fourth-order valence-corrected chi connectivity index (χ4v) is 6.40. The molecule has 4 rings (SSSR count). The van der Waals surface area contributed by atoms with Crippen LogP contribution in [0.3, 0.4) is 0 Å². The van der Waals surface area contributed by atoms with Gasteiger partial charge < -0.3 is 5.11 Å². The lowest BCUT2D eigenvalue weighted by atomic mass is 9.52. The lowest BCUT2D eigenvalue weighted by Gasteiger charge is -2.52. The molecule has 130 valence electrons. The highest BCUT2D eigenvalue weighted by Gasteiger charge is 2.53. The predicted molar refractivity (Wildman–Crippen MR) is 96.6 cm³/mol. The Hall–Kier alpha value is -1.31. The molecule has 0 radical (unpaired) electrons. The molecule has 0 aromatic carbocycles. The lowest BCUT2D eigenvalue weighted by Crippen LogP contribution is -2.42. The normalized spacial score (nSPS) is 42.7. The van der Waals surface area contributed by atoms with Gasteiger partial charge in [0.25, 0.3) is 0 Å². The van der Waals surface area contributed by atoms with Gasteiger partial charge in [0.1, 0.15) is 0 Å². The highest BCUT2D eigenvalue weighted by Crippen LogP contribution is 2.63. The van der Waals surface area contributed by atoms with Crippen molar-refractivity contribution in [3.05, 3.63) is 34.9 Å². The van der Waals surface area contributed by atoms with Crippen molar-refractivity contribution in [2.45, 2.75) is 71.6 Å². The second kappa shape index (κ2) is 5.61. The summed E-state index contributed by atoms with van der Waals surface area (Å²) in [5, 5.41) is 9.04. The van der Waals surface area contributed by atoms with Gasteiger partial charge >= 0.3 is 5.97 Å². The molecule has 0 unspecified atom stereocenters. The van der Waals surface area contributed by atoms with E-state index in [-0.39, 0.29) is 11.8 Å². The van der Waals surface area contributed by atoms with Crippen molar-refractivity contribution in [3.63, 3.8) is 0 Å². The Morgan fingerprint density at radius 3 is 2.92 bits per heavy atom. The number of carboxylic acids is 1. The van der Waals surface area contributed by atoms with Gasteiger partial charge in [-0.25, -0.2) is 0 Å². The van der Waals surface area contributed by atoms with E-state index in [1.807, 2.05) is 6.08 Å². The standard InChI is InChI=1S/C22H30O2/c1-21-13-4-3-5-15(21)6-9-17-18-10-7-16(8-11-20(23)24)22(18,2)14-12-19(17)21/h6,8,12,17-18H,3-5,7,9-11,13-14H2,1-2H3,(H,23,24)/t17-,18-,21-,22+/m0/s1. The zero-order valence-corrected chi connectivity index (χ0v) is 15.1. The van der Waals surface area contributed by atoms with Crippen LogP contribution in [0.1, 0.15) is 71.6 Å². The summed E-state index contributed by atoms with van der Waals surface area (Å²) in [7, 11) is 0. The summed E-state index contributed by atoms with van der Waals surface area (Å²) in [6, 6.07) is 0. The quantitative estimate of drug-likeness (QED) is 0.665. The predicted octanol–water partition coefficient (Wildman–Crippen LogP) is 5.66. The van der Waals surface area contributed by atoms with Gasteiger partial charge in [0.15, 0.2) is 0 Å². The largest absolute Gasteiger partial charge is 0.481 e. The van der Waals surface area contributed by atoms with Crippen molar-refractivity contribution in [1.82, 2.24) is 0 Å². The van der Waals surface area contributed by atoms with E-state index in [0.717, 1.165) is 12.8 Å². The molecule has 0 aromatic heterocycles. The summed E-state index contributed by atoms with van der Waals surface area (Å²) >= 11 is 0. The summed E-state index contributed by atoms with van der Waals surface area (Å²) in [6.07, 6.45) is 17.4. The maximum absolute atomic E-state index is 11.0. The van der Waals surface area contributed by atoms with E-state index in [2.05, 4.69) is 26.0 Å². The SMILES string of the molecule is C[C@]12CCCCC1=CC[C@@H]1C2=CC[C@]2(C)C(=CCC(=O)O)CC[C@@H]12. The number of fused-ring (bicyclic) bond motifs is 5. The molecule has 2 nitrogen and oxygen atoms in total. The van der Waals surface area contributed by atoms with Crippen LogP contribution < -0.4 is 0 Å². The van der Waals surface area contributed by atoms with Gasteiger partial charge in [0, 0.05) is 5.41 Å². The number of aliphatic carboxylic acids is 1. The van der Waals surface area contributed by atoms with Gasteiger partial charge in [0.2, 0.25) is 0 Å². The maximum atomic E-state index is 11.0. The van der Waals surface area contributed by atoms with Crippen molar-refractivity contribution in [1.29, 1.82) is 0 Å². The summed E-state index contributed by atoms with van der Waals surface area (Å²) in [5.74, 6) is 0.682. The fraction of sp³-hybridized carbons (Fsp3) is 0.682. The zero-order chi connectivity index (χ0) is 16.9. The van der Waals surface area contributed by atoms with E-state index in [1.165, 1.54) is 44.1 Å². The van der Waals surface area contributed by atoms with E-state index in [0.29, 0.717) is 17.3 Å². The highest BCUT2D eigenvalue weighted by atomic mass is 16.4. The van der Waals surface area contributed by atoms with E-state index >= 15 is 0 Å². The van der Waals surface area contributed by atoms with Crippen LogP contribution in [0, 0.1) is 22.7 Å². The van der Waals surface area contributed by atoms with Crippen LogP contribution in [0.5, 0.6) is 0 Å². The minimum Gasteiger partial charge on any atom is -0.481 e. The average Bonchev–Trinajstić information content (AvgIpc) is 2.89. The second-order valence-electron chi connectivity index (χ2n) is 8.86. The Labute approximate surface area is 145 Å². The van der Waals surface area contributed by atoms with Crippen LogP contribution in [-0.4, -0.2) is 11.1 Å². The third-order valence-corrected chi connectivity index (χ3v) is 7.77. The van der Waals surface area contributed by atoms with Gasteiger partial charge in [-0.1, -0.05) is 55.2 Å². The number of carbonyl (C=O) groups is 1. The molecule has 0 aliphatic heterocycles. The molecule has 2 fully saturated rings. The topological polar surface area (TPSA) is 37.3 Å². The van der Waals surface area contributed by atoms with Gasteiger partial charge in [-0.3, -0.25) is 4.79 Å². The molecule has 2 heteroatoms. The molecule has 4 aliphatic rings. The van der Waals surface area contributed by atoms with Crippen LogP contribution in [0.4, 0.5) is 0 Å². The number of rotatable bonds is 2. The summed E-state index contributed by atoms with van der Waals surface area (Å²) in [6.45, 7) is 4.89. The number of allylic oxidation sites excluding steroid dienone is 5. The molecule has 0 heterocycles. The van der Waals surface area contributed by atoms with E-state index in [9.17, 15) is 4.79 Å². The Kier molecular flexibility index (Phi) is 3.78. The van der Waals surface area contributed by atoms with Crippen LogP contribution >= 0.6 is 0 Å². The molecule has 24 heavy (non-hydrogen) atoms. The second-order valence-corrected chi connectivity index (χ2v) is 8.86. The zero-order valence-electron chi connectivity index (χ0n) is 15.1. The fourth-order valence-electron chi connectivity index (χ4n) is 6.40. The Morgan fingerprint density at radius 2 is 2.12 bits per heavy atom. The minimum atomic E-state index is -0.707. The monoisotopic (exact) mass is 326 g/mol. The molecular weight excluding hydrogens is 296 g/mol. The molecule has 0 bridgehead atoms. The van der Waals surface area contributed by atoms with E-state index < -0.39 is 5.97 Å². The van der Waals surface area contributed by atoms with E-state index in [1.54, 1.807) is 11.1 Å². The molecule has 0 saturated heterocycles.